The predicted octanol–water partition coefficient (Wildman–Crippen LogP) is 0.330. The minimum atomic E-state index is -3.56. The van der Waals surface area contributed by atoms with E-state index in [4.69, 9.17) is 5.84 Å². The fourth-order valence-electron chi connectivity index (χ4n) is 2.52. The van der Waals surface area contributed by atoms with Crippen LogP contribution in [-0.2, 0) is 10.0 Å². The molecule has 21 heavy (non-hydrogen) atoms. The number of hydrogen-bond donors (Lipinski definition) is 2. The highest BCUT2D eigenvalue weighted by molar-refractivity contribution is 7.89. The molecule has 0 radical (unpaired) electrons. The van der Waals surface area contributed by atoms with Crippen LogP contribution in [0.5, 0.6) is 0 Å². The Morgan fingerprint density at radius 1 is 1.33 bits per heavy atom. The molecule has 3 N–H and O–H groups in total. The van der Waals surface area contributed by atoms with Crippen molar-refractivity contribution < 1.29 is 8.42 Å². The van der Waals surface area contributed by atoms with Gasteiger partial charge in [0.25, 0.3) is 0 Å². The fourth-order valence-corrected chi connectivity index (χ4v) is 4.04. The third-order valence-electron chi connectivity index (χ3n) is 3.48. The molecule has 0 bridgehead atoms. The smallest absolute Gasteiger partial charge is 0.246 e. The zero-order chi connectivity index (χ0) is 15.5. The lowest BCUT2D eigenvalue weighted by atomic mass is 10.2. The topological polar surface area (TPSA) is 91.6 Å². The number of anilines is 1. The Labute approximate surface area is 126 Å². The standard InChI is InChI=1S/C13H23N5O2S/c1-11(2)10-17-6-8-18(9-7-17)21(19,20)12-4-3-5-15-13(12)16-14/h3-5,11H,6-10,14H2,1-2H3,(H,15,16). The molecule has 7 nitrogen and oxygen atoms in total. The summed E-state index contributed by atoms with van der Waals surface area (Å²) in [5.41, 5.74) is 2.35. The van der Waals surface area contributed by atoms with E-state index in [0.717, 1.165) is 19.6 Å². The number of rotatable bonds is 5. The van der Waals surface area contributed by atoms with Crippen LogP contribution in [0.25, 0.3) is 0 Å². The first-order chi connectivity index (χ1) is 9.95. The summed E-state index contributed by atoms with van der Waals surface area (Å²) < 4.78 is 26.8. The van der Waals surface area contributed by atoms with Crippen LogP contribution in [0.4, 0.5) is 5.82 Å². The van der Waals surface area contributed by atoms with Crippen LogP contribution in [0.1, 0.15) is 13.8 Å². The molecule has 1 aliphatic rings. The molecule has 1 aromatic rings. The Balaban J connectivity index is 2.11. The second kappa shape index (κ2) is 6.69. The van der Waals surface area contributed by atoms with Crippen molar-refractivity contribution in [2.75, 3.05) is 38.1 Å². The molecular formula is C13H23N5O2S. The van der Waals surface area contributed by atoms with E-state index in [1.807, 2.05) is 0 Å². The molecular weight excluding hydrogens is 290 g/mol. The summed E-state index contributed by atoms with van der Waals surface area (Å²) in [7, 11) is -3.56. The Morgan fingerprint density at radius 2 is 2.00 bits per heavy atom. The highest BCUT2D eigenvalue weighted by atomic mass is 32.2. The molecule has 0 spiro atoms. The fraction of sp³-hybridized carbons (Fsp3) is 0.615. The summed E-state index contributed by atoms with van der Waals surface area (Å²) in [5, 5.41) is 0. The van der Waals surface area contributed by atoms with E-state index in [1.165, 1.54) is 16.6 Å². The van der Waals surface area contributed by atoms with E-state index in [9.17, 15) is 8.42 Å². The summed E-state index contributed by atoms with van der Waals surface area (Å²) in [4.78, 5) is 6.38. The minimum absolute atomic E-state index is 0.129. The molecule has 0 atom stereocenters. The van der Waals surface area contributed by atoms with Crippen molar-refractivity contribution in [2.24, 2.45) is 11.8 Å². The largest absolute Gasteiger partial charge is 0.307 e. The van der Waals surface area contributed by atoms with Gasteiger partial charge in [0.15, 0.2) is 5.82 Å². The summed E-state index contributed by atoms with van der Waals surface area (Å²) in [6, 6.07) is 3.13. The molecule has 1 fully saturated rings. The zero-order valence-corrected chi connectivity index (χ0v) is 13.3. The summed E-state index contributed by atoms with van der Waals surface area (Å²) in [6.45, 7) is 7.82. The maximum Gasteiger partial charge on any atom is 0.246 e. The number of pyridine rings is 1. The number of hydrogen-bond acceptors (Lipinski definition) is 6. The second-order valence-corrected chi connectivity index (χ2v) is 7.50. The maximum absolute atomic E-state index is 12.7. The molecule has 1 aromatic heterocycles. The Morgan fingerprint density at radius 3 is 2.57 bits per heavy atom. The molecule has 118 valence electrons. The molecule has 0 aliphatic carbocycles. The molecule has 2 heterocycles. The third-order valence-corrected chi connectivity index (χ3v) is 5.41. The van der Waals surface area contributed by atoms with Crippen molar-refractivity contribution in [2.45, 2.75) is 18.7 Å². The third kappa shape index (κ3) is 3.70. The van der Waals surface area contributed by atoms with Crippen molar-refractivity contribution in [3.63, 3.8) is 0 Å². The number of hydrazine groups is 1. The van der Waals surface area contributed by atoms with Gasteiger partial charge < -0.3 is 10.3 Å². The van der Waals surface area contributed by atoms with Crippen molar-refractivity contribution in [3.05, 3.63) is 18.3 Å². The first-order valence-corrected chi connectivity index (χ1v) is 8.53. The van der Waals surface area contributed by atoms with Gasteiger partial charge in [-0.3, -0.25) is 0 Å². The summed E-state index contributed by atoms with van der Waals surface area (Å²) >= 11 is 0. The lowest BCUT2D eigenvalue weighted by Crippen LogP contribution is -2.49. The number of aromatic nitrogens is 1. The molecule has 0 aromatic carbocycles. The normalized spacial score (nSPS) is 18.1. The van der Waals surface area contributed by atoms with Crippen LogP contribution in [0.2, 0.25) is 0 Å². The highest BCUT2D eigenvalue weighted by Crippen LogP contribution is 2.22. The number of sulfonamides is 1. The van der Waals surface area contributed by atoms with Gasteiger partial charge in [-0.15, -0.1) is 0 Å². The van der Waals surface area contributed by atoms with Crippen molar-refractivity contribution >= 4 is 15.8 Å². The van der Waals surface area contributed by atoms with E-state index < -0.39 is 10.0 Å². The second-order valence-electron chi connectivity index (χ2n) is 5.59. The quantitative estimate of drug-likeness (QED) is 0.601. The van der Waals surface area contributed by atoms with E-state index in [1.54, 1.807) is 6.07 Å². The minimum Gasteiger partial charge on any atom is -0.307 e. The molecule has 1 saturated heterocycles. The zero-order valence-electron chi connectivity index (χ0n) is 12.5. The SMILES string of the molecule is CC(C)CN1CCN(S(=O)(=O)c2cccnc2NN)CC1. The van der Waals surface area contributed by atoms with E-state index >= 15 is 0 Å². The number of piperazine rings is 1. The van der Waals surface area contributed by atoms with E-state index in [2.05, 4.69) is 29.2 Å². The first-order valence-electron chi connectivity index (χ1n) is 7.09. The van der Waals surface area contributed by atoms with Crippen molar-refractivity contribution in [1.29, 1.82) is 0 Å². The lowest BCUT2D eigenvalue weighted by molar-refractivity contribution is 0.172. The van der Waals surface area contributed by atoms with Crippen LogP contribution < -0.4 is 11.3 Å². The van der Waals surface area contributed by atoms with Gasteiger partial charge in [-0.2, -0.15) is 4.31 Å². The molecule has 1 aliphatic heterocycles. The van der Waals surface area contributed by atoms with Crippen LogP contribution in [0.3, 0.4) is 0 Å². The number of nitrogens with one attached hydrogen (secondary N) is 1. The lowest BCUT2D eigenvalue weighted by Gasteiger charge is -2.34. The molecule has 8 heteroatoms. The van der Waals surface area contributed by atoms with Crippen LogP contribution >= 0.6 is 0 Å². The summed E-state index contributed by atoms with van der Waals surface area (Å²) in [5.74, 6) is 6.12. The summed E-state index contributed by atoms with van der Waals surface area (Å²) in [6.07, 6.45) is 1.51. The average molecular weight is 313 g/mol. The van der Waals surface area contributed by atoms with Gasteiger partial charge in [-0.25, -0.2) is 19.2 Å². The van der Waals surface area contributed by atoms with E-state index in [-0.39, 0.29) is 10.7 Å². The monoisotopic (exact) mass is 313 g/mol. The molecule has 0 saturated carbocycles. The van der Waals surface area contributed by atoms with Gasteiger partial charge in [-0.1, -0.05) is 13.8 Å². The van der Waals surface area contributed by atoms with Gasteiger partial charge in [0.05, 0.1) is 0 Å². The Kier molecular flexibility index (Phi) is 5.15. The molecule has 0 amide bonds. The number of nitrogen functional groups attached to an aromatic ring is 1. The van der Waals surface area contributed by atoms with Crippen LogP contribution in [0, 0.1) is 5.92 Å². The van der Waals surface area contributed by atoms with Gasteiger partial charge in [0.1, 0.15) is 4.90 Å². The maximum atomic E-state index is 12.7. The van der Waals surface area contributed by atoms with Crippen molar-refractivity contribution in [1.82, 2.24) is 14.2 Å². The Bertz CT molecular complexity index is 568. The van der Waals surface area contributed by atoms with Crippen LogP contribution in [-0.4, -0.2) is 55.3 Å². The van der Waals surface area contributed by atoms with Gasteiger partial charge in [-0.05, 0) is 18.1 Å². The van der Waals surface area contributed by atoms with Crippen molar-refractivity contribution in [3.8, 4) is 0 Å². The predicted molar refractivity (Wildman–Crippen MR) is 82.1 cm³/mol. The Hall–Kier alpha value is -1.22. The first kappa shape index (κ1) is 16.2. The molecule has 2 rings (SSSR count). The average Bonchev–Trinajstić information content (AvgIpc) is 2.47. The number of nitrogens with two attached hydrogens (primary N) is 1. The highest BCUT2D eigenvalue weighted by Gasteiger charge is 2.30. The van der Waals surface area contributed by atoms with Gasteiger partial charge >= 0.3 is 0 Å². The molecule has 0 unspecified atom stereocenters. The van der Waals surface area contributed by atoms with Gasteiger partial charge in [0.2, 0.25) is 10.0 Å². The van der Waals surface area contributed by atoms with Crippen LogP contribution in [0.15, 0.2) is 23.2 Å². The van der Waals surface area contributed by atoms with E-state index in [0.29, 0.717) is 19.0 Å². The number of nitrogens with zero attached hydrogens (tertiary/aromatic N) is 3. The van der Waals surface area contributed by atoms with Gasteiger partial charge in [0, 0.05) is 38.9 Å².